The molecule has 0 aliphatic heterocycles. The summed E-state index contributed by atoms with van der Waals surface area (Å²) in [7, 11) is -3.58. The third kappa shape index (κ3) is 13.1. The Hall–Kier alpha value is -2.23. The molecule has 1 amide bonds. The second-order valence-corrected chi connectivity index (χ2v) is 12.5. The predicted molar refractivity (Wildman–Crippen MR) is 150 cm³/mol. The highest BCUT2D eigenvalue weighted by Crippen LogP contribution is 2.19. The van der Waals surface area contributed by atoms with Crippen LogP contribution >= 0.6 is 22.6 Å². The van der Waals surface area contributed by atoms with E-state index in [1.165, 1.54) is 0 Å². The van der Waals surface area contributed by atoms with Crippen LogP contribution in [0.2, 0.25) is 0 Å². The number of hydrogen-bond acceptors (Lipinski definition) is 6. The van der Waals surface area contributed by atoms with Gasteiger partial charge < -0.3 is 15.4 Å². The van der Waals surface area contributed by atoms with Crippen molar-refractivity contribution < 1.29 is 35.9 Å². The fourth-order valence-electron chi connectivity index (χ4n) is 3.72. The van der Waals surface area contributed by atoms with Gasteiger partial charge in [0.05, 0.1) is 11.8 Å². The molecule has 2 atom stereocenters. The molecule has 0 spiro atoms. The quantitative estimate of drug-likeness (QED) is 0.196. The van der Waals surface area contributed by atoms with Crippen molar-refractivity contribution in [1.29, 1.82) is 0 Å². The Labute approximate surface area is 240 Å². The van der Waals surface area contributed by atoms with Gasteiger partial charge in [-0.05, 0) is 58.2 Å². The summed E-state index contributed by atoms with van der Waals surface area (Å²) in [5, 5.41) is 5.66. The predicted octanol–water partition coefficient (Wildman–Crippen LogP) is 3.55. The Morgan fingerprint density at radius 3 is 2.31 bits per heavy atom. The molecule has 13 heteroatoms. The van der Waals surface area contributed by atoms with E-state index in [0.29, 0.717) is 12.1 Å². The summed E-state index contributed by atoms with van der Waals surface area (Å²) in [6.45, 7) is 3.42. The molecule has 0 saturated carbocycles. The minimum atomic E-state index is -5.22. The highest BCUT2D eigenvalue weighted by atomic mass is 127. The summed E-state index contributed by atoms with van der Waals surface area (Å²) in [6, 6.07) is 15.2. The van der Waals surface area contributed by atoms with E-state index in [0.717, 1.165) is 9.13 Å². The van der Waals surface area contributed by atoms with E-state index in [4.69, 9.17) is 4.74 Å². The maximum absolute atomic E-state index is 13.1. The number of rotatable bonds is 15. The van der Waals surface area contributed by atoms with Crippen LogP contribution in [0.5, 0.6) is 0 Å². The minimum Gasteiger partial charge on any atom is -0.452 e. The normalized spacial score (nSPS) is 13.6. The number of alkyl halides is 3. The van der Waals surface area contributed by atoms with E-state index in [-0.39, 0.29) is 37.6 Å². The first-order valence-corrected chi connectivity index (χ1v) is 15.0. The zero-order valence-electron chi connectivity index (χ0n) is 21.6. The lowest BCUT2D eigenvalue weighted by Crippen LogP contribution is -2.52. The van der Waals surface area contributed by atoms with Crippen LogP contribution < -0.4 is 15.4 Å². The molecule has 0 bridgehead atoms. The highest BCUT2D eigenvalue weighted by molar-refractivity contribution is 14.1. The van der Waals surface area contributed by atoms with Crippen LogP contribution in [0, 0.1) is 9.49 Å². The monoisotopic (exact) mass is 683 g/mol. The van der Waals surface area contributed by atoms with Gasteiger partial charge in [0.1, 0.15) is 6.10 Å². The van der Waals surface area contributed by atoms with E-state index in [1.807, 2.05) is 24.3 Å². The molecule has 2 aromatic carbocycles. The molecule has 0 radical (unpaired) electrons. The minimum absolute atomic E-state index is 0.0758. The van der Waals surface area contributed by atoms with Crippen molar-refractivity contribution in [3.8, 4) is 0 Å². The summed E-state index contributed by atoms with van der Waals surface area (Å²) < 4.78 is 71.6. The number of ether oxygens (including phenoxy) is 1. The molecule has 39 heavy (non-hydrogen) atoms. The van der Waals surface area contributed by atoms with Crippen molar-refractivity contribution in [2.24, 2.45) is 5.92 Å². The molecule has 2 unspecified atom stereocenters. The van der Waals surface area contributed by atoms with Crippen molar-refractivity contribution in [3.05, 3.63) is 69.3 Å². The van der Waals surface area contributed by atoms with Crippen LogP contribution in [-0.2, 0) is 37.3 Å². The molecule has 8 nitrogen and oxygen atoms in total. The van der Waals surface area contributed by atoms with Crippen LogP contribution in [-0.4, -0.2) is 57.5 Å². The van der Waals surface area contributed by atoms with E-state index in [9.17, 15) is 31.2 Å². The molecule has 0 heterocycles. The molecule has 2 aromatic rings. The number of amides is 1. The lowest BCUT2D eigenvalue weighted by atomic mass is 10.0. The van der Waals surface area contributed by atoms with Crippen molar-refractivity contribution in [1.82, 2.24) is 15.4 Å². The Bertz CT molecular complexity index is 1180. The van der Waals surface area contributed by atoms with Crippen molar-refractivity contribution in [3.63, 3.8) is 0 Å². The molecule has 2 rings (SSSR count). The van der Waals surface area contributed by atoms with Crippen LogP contribution in [0.3, 0.4) is 0 Å². The van der Waals surface area contributed by atoms with Crippen molar-refractivity contribution >= 4 is 44.5 Å². The number of benzene rings is 2. The zero-order valence-corrected chi connectivity index (χ0v) is 24.6. The van der Waals surface area contributed by atoms with Gasteiger partial charge in [-0.25, -0.2) is 17.9 Å². The number of nitrogens with one attached hydrogen (secondary N) is 3. The zero-order chi connectivity index (χ0) is 29.1. The Balaban J connectivity index is 2.18. The van der Waals surface area contributed by atoms with Crippen LogP contribution in [0.4, 0.5) is 13.2 Å². The van der Waals surface area contributed by atoms with Gasteiger partial charge in [0.2, 0.25) is 15.9 Å². The van der Waals surface area contributed by atoms with Crippen molar-refractivity contribution in [2.75, 3.05) is 18.8 Å². The molecule has 0 fully saturated rings. The number of halogens is 4. The van der Waals surface area contributed by atoms with E-state index in [1.54, 1.807) is 44.2 Å². The van der Waals surface area contributed by atoms with E-state index < -0.39 is 40.2 Å². The average molecular weight is 684 g/mol. The Morgan fingerprint density at radius 2 is 1.69 bits per heavy atom. The molecule has 0 aromatic heterocycles. The van der Waals surface area contributed by atoms with E-state index >= 15 is 0 Å². The highest BCUT2D eigenvalue weighted by Gasteiger charge is 2.43. The molecular weight excluding hydrogens is 650 g/mol. The van der Waals surface area contributed by atoms with Gasteiger partial charge >= 0.3 is 12.1 Å². The molecule has 0 saturated heterocycles. The van der Waals surface area contributed by atoms with Gasteiger partial charge in [0, 0.05) is 29.6 Å². The third-order valence-corrected chi connectivity index (χ3v) is 7.79. The summed E-state index contributed by atoms with van der Waals surface area (Å²) >= 11 is 2.14. The lowest BCUT2D eigenvalue weighted by Gasteiger charge is -2.29. The Kier molecular flexibility index (Phi) is 13.1. The number of hydrogen-bond donors (Lipinski definition) is 3. The maximum atomic E-state index is 13.1. The number of sulfonamides is 1. The summed E-state index contributed by atoms with van der Waals surface area (Å²) in [6.07, 6.45) is -6.77. The molecular formula is C26H33F3IN3O5S. The average Bonchev–Trinajstić information content (AvgIpc) is 2.82. The van der Waals surface area contributed by atoms with Gasteiger partial charge in [0.15, 0.2) is 0 Å². The van der Waals surface area contributed by atoms with Gasteiger partial charge in [-0.3, -0.25) is 4.79 Å². The topological polar surface area (TPSA) is 114 Å². The first-order chi connectivity index (χ1) is 18.2. The fraction of sp³-hybridized carbons (Fsp3) is 0.462. The second kappa shape index (κ2) is 15.5. The smallest absolute Gasteiger partial charge is 0.452 e. The van der Waals surface area contributed by atoms with Gasteiger partial charge in [-0.1, -0.05) is 56.3 Å². The van der Waals surface area contributed by atoms with Gasteiger partial charge in [-0.15, -0.1) is 0 Å². The fourth-order valence-corrected chi connectivity index (χ4v) is 5.73. The van der Waals surface area contributed by atoms with E-state index in [2.05, 4.69) is 37.9 Å². The Morgan fingerprint density at radius 1 is 1.03 bits per heavy atom. The number of esters is 1. The largest absolute Gasteiger partial charge is 0.490 e. The van der Waals surface area contributed by atoms with Crippen LogP contribution in [0.1, 0.15) is 31.4 Å². The third-order valence-electron chi connectivity index (χ3n) is 5.37. The lowest BCUT2D eigenvalue weighted by molar-refractivity contribution is -0.206. The summed E-state index contributed by atoms with van der Waals surface area (Å²) in [5.74, 6) is -3.18. The number of carbonyl (C=O) groups excluding carboxylic acids is 2. The second-order valence-electron chi connectivity index (χ2n) is 9.39. The first kappa shape index (κ1) is 33.0. The first-order valence-electron chi connectivity index (χ1n) is 12.3. The molecule has 3 N–H and O–H groups in total. The summed E-state index contributed by atoms with van der Waals surface area (Å²) in [4.78, 5) is 24.5. The van der Waals surface area contributed by atoms with Crippen molar-refractivity contribution in [2.45, 2.75) is 51.6 Å². The molecule has 0 aliphatic carbocycles. The molecule has 216 valence electrons. The maximum Gasteiger partial charge on any atom is 0.490 e. The van der Waals surface area contributed by atoms with Gasteiger partial charge in [-0.2, -0.15) is 13.2 Å². The van der Waals surface area contributed by atoms with Crippen LogP contribution in [0.15, 0.2) is 54.6 Å². The SMILES string of the molecule is CC(C)CS(=O)(=O)NCCC(=O)NC(Cc1ccccc1)C(CNCc1cccc(I)c1)OC(=O)C(F)(F)F. The van der Waals surface area contributed by atoms with Crippen LogP contribution in [0.25, 0.3) is 0 Å². The van der Waals surface area contributed by atoms with Gasteiger partial charge in [0.25, 0.3) is 0 Å². The summed E-state index contributed by atoms with van der Waals surface area (Å²) in [5.41, 5.74) is 1.58. The number of carbonyl (C=O) groups is 2. The standard InChI is InChI=1S/C26H33F3IN3O5S/c1-18(2)17-39(36,37)32-12-11-24(34)33-22(14-19-7-4-3-5-8-19)23(38-25(35)26(27,28)29)16-31-15-20-9-6-10-21(30)13-20/h3-10,13,18,22-23,31-32H,11-12,14-17H2,1-2H3,(H,33,34). The molecule has 0 aliphatic rings.